The lowest BCUT2D eigenvalue weighted by atomic mass is 10.2. The lowest BCUT2D eigenvalue weighted by Crippen LogP contribution is -2.20. The van der Waals surface area contributed by atoms with E-state index in [0.717, 1.165) is 6.42 Å². The minimum Gasteiger partial charge on any atom is -0.484 e. The van der Waals surface area contributed by atoms with Crippen molar-refractivity contribution in [1.82, 2.24) is 0 Å². The van der Waals surface area contributed by atoms with Crippen LogP contribution in [0.2, 0.25) is 0 Å². The molecule has 0 saturated carbocycles. The molecule has 0 aromatic heterocycles. The Morgan fingerprint density at radius 3 is 2.50 bits per heavy atom. The summed E-state index contributed by atoms with van der Waals surface area (Å²) in [6, 6.07) is 14.0. The van der Waals surface area contributed by atoms with E-state index in [4.69, 9.17) is 10.5 Å². The summed E-state index contributed by atoms with van der Waals surface area (Å²) in [4.78, 5) is 22.9. The second-order valence-corrected chi connectivity index (χ2v) is 4.78. The zero-order valence-corrected chi connectivity index (χ0v) is 12.3. The first-order valence-corrected chi connectivity index (χ1v) is 7.00. The Bertz CT molecular complexity index is 666. The fraction of sp³-hybridized carbons (Fsp3) is 0.176. The number of hydrogen-bond acceptors (Lipinski definition) is 3. The third kappa shape index (κ3) is 4.34. The Hall–Kier alpha value is -2.82. The molecule has 0 aliphatic heterocycles. The van der Waals surface area contributed by atoms with E-state index in [9.17, 15) is 9.59 Å². The molecular formula is C17H18N2O3. The average Bonchev–Trinajstić information content (AvgIpc) is 2.53. The second-order valence-electron chi connectivity index (χ2n) is 4.78. The summed E-state index contributed by atoms with van der Waals surface area (Å²) < 4.78 is 5.41. The fourth-order valence-corrected chi connectivity index (χ4v) is 1.92. The van der Waals surface area contributed by atoms with Crippen molar-refractivity contribution in [3.05, 3.63) is 59.7 Å². The van der Waals surface area contributed by atoms with Gasteiger partial charge in [0.25, 0.3) is 5.91 Å². The van der Waals surface area contributed by atoms with Gasteiger partial charge in [-0.2, -0.15) is 0 Å². The average molecular weight is 298 g/mol. The summed E-state index contributed by atoms with van der Waals surface area (Å²) in [5, 5.41) is 2.66. The van der Waals surface area contributed by atoms with Crippen molar-refractivity contribution < 1.29 is 14.3 Å². The quantitative estimate of drug-likeness (QED) is 0.859. The van der Waals surface area contributed by atoms with Gasteiger partial charge in [0.15, 0.2) is 6.61 Å². The lowest BCUT2D eigenvalue weighted by molar-refractivity contribution is -0.118. The monoisotopic (exact) mass is 298 g/mol. The summed E-state index contributed by atoms with van der Waals surface area (Å²) in [6.07, 6.45) is 0.955. The molecule has 5 nitrogen and oxygen atoms in total. The van der Waals surface area contributed by atoms with Gasteiger partial charge < -0.3 is 15.8 Å². The molecule has 0 fully saturated rings. The van der Waals surface area contributed by atoms with E-state index in [1.807, 2.05) is 24.3 Å². The molecule has 0 spiro atoms. The van der Waals surface area contributed by atoms with Gasteiger partial charge in [-0.1, -0.05) is 25.1 Å². The standard InChI is InChI=1S/C17H18N2O3/c1-2-12-6-8-15(9-7-12)22-11-16(20)19-14-5-3-4-13(10-14)17(18)21/h3-10H,2,11H2,1H3,(H2,18,21)(H,19,20). The van der Waals surface area contributed by atoms with Crippen LogP contribution >= 0.6 is 0 Å². The number of carbonyl (C=O) groups is 2. The van der Waals surface area contributed by atoms with E-state index in [2.05, 4.69) is 12.2 Å². The smallest absolute Gasteiger partial charge is 0.262 e. The Morgan fingerprint density at radius 1 is 1.14 bits per heavy atom. The van der Waals surface area contributed by atoms with Crippen LogP contribution in [0.1, 0.15) is 22.8 Å². The molecule has 114 valence electrons. The Morgan fingerprint density at radius 2 is 1.86 bits per heavy atom. The molecule has 2 aromatic carbocycles. The van der Waals surface area contributed by atoms with E-state index >= 15 is 0 Å². The molecule has 2 amide bonds. The van der Waals surface area contributed by atoms with Crippen molar-refractivity contribution in [2.45, 2.75) is 13.3 Å². The van der Waals surface area contributed by atoms with Crippen LogP contribution in [0, 0.1) is 0 Å². The number of aryl methyl sites for hydroxylation is 1. The Labute approximate surface area is 129 Å². The molecule has 5 heteroatoms. The topological polar surface area (TPSA) is 81.4 Å². The number of hydrogen-bond donors (Lipinski definition) is 2. The number of ether oxygens (including phenoxy) is 1. The molecule has 0 aliphatic rings. The van der Waals surface area contributed by atoms with Crippen molar-refractivity contribution in [2.75, 3.05) is 11.9 Å². The van der Waals surface area contributed by atoms with E-state index in [0.29, 0.717) is 17.0 Å². The van der Waals surface area contributed by atoms with Crippen molar-refractivity contribution in [1.29, 1.82) is 0 Å². The zero-order valence-electron chi connectivity index (χ0n) is 12.3. The highest BCUT2D eigenvalue weighted by molar-refractivity contribution is 5.96. The van der Waals surface area contributed by atoms with Gasteiger partial charge in [0, 0.05) is 11.3 Å². The predicted octanol–water partition coefficient (Wildman–Crippen LogP) is 2.37. The van der Waals surface area contributed by atoms with E-state index < -0.39 is 5.91 Å². The van der Waals surface area contributed by atoms with Crippen molar-refractivity contribution in [2.24, 2.45) is 5.73 Å². The normalized spacial score (nSPS) is 10.0. The van der Waals surface area contributed by atoms with Crippen LogP contribution in [-0.4, -0.2) is 18.4 Å². The van der Waals surface area contributed by atoms with Crippen LogP contribution in [0.15, 0.2) is 48.5 Å². The second kappa shape index (κ2) is 7.26. The van der Waals surface area contributed by atoms with Gasteiger partial charge in [0.2, 0.25) is 5.91 Å². The first kappa shape index (κ1) is 15.6. The summed E-state index contributed by atoms with van der Waals surface area (Å²) in [7, 11) is 0. The van der Waals surface area contributed by atoms with E-state index in [1.54, 1.807) is 18.2 Å². The largest absolute Gasteiger partial charge is 0.484 e. The summed E-state index contributed by atoms with van der Waals surface area (Å²) in [6.45, 7) is 1.97. The fourth-order valence-electron chi connectivity index (χ4n) is 1.92. The minimum atomic E-state index is -0.539. The first-order valence-electron chi connectivity index (χ1n) is 7.00. The number of nitrogens with two attached hydrogens (primary N) is 1. The molecule has 2 aromatic rings. The van der Waals surface area contributed by atoms with Gasteiger partial charge >= 0.3 is 0 Å². The summed E-state index contributed by atoms with van der Waals surface area (Å²) in [5.41, 5.74) is 7.25. The maximum absolute atomic E-state index is 11.8. The molecule has 22 heavy (non-hydrogen) atoms. The molecule has 0 saturated heterocycles. The maximum atomic E-state index is 11.8. The molecular weight excluding hydrogens is 280 g/mol. The number of rotatable bonds is 6. The summed E-state index contributed by atoms with van der Waals surface area (Å²) in [5.74, 6) is -0.206. The highest BCUT2D eigenvalue weighted by Gasteiger charge is 2.06. The number of primary amides is 1. The van der Waals surface area contributed by atoms with Crippen molar-refractivity contribution in [3.8, 4) is 5.75 Å². The molecule has 0 atom stereocenters. The minimum absolute atomic E-state index is 0.105. The highest BCUT2D eigenvalue weighted by Crippen LogP contribution is 2.13. The van der Waals surface area contributed by atoms with Gasteiger partial charge in [-0.25, -0.2) is 0 Å². The number of anilines is 1. The third-order valence-corrected chi connectivity index (χ3v) is 3.13. The van der Waals surface area contributed by atoms with Crippen molar-refractivity contribution in [3.63, 3.8) is 0 Å². The van der Waals surface area contributed by atoms with Crippen LogP contribution in [0.5, 0.6) is 5.75 Å². The lowest BCUT2D eigenvalue weighted by Gasteiger charge is -2.08. The maximum Gasteiger partial charge on any atom is 0.262 e. The molecule has 3 N–H and O–H groups in total. The molecule has 0 bridgehead atoms. The number of amides is 2. The summed E-state index contributed by atoms with van der Waals surface area (Å²) >= 11 is 0. The van der Waals surface area contributed by atoms with E-state index in [1.165, 1.54) is 11.6 Å². The van der Waals surface area contributed by atoms with Crippen LogP contribution in [0.25, 0.3) is 0 Å². The van der Waals surface area contributed by atoms with Gasteiger partial charge in [-0.3, -0.25) is 9.59 Å². The Kier molecular flexibility index (Phi) is 5.14. The predicted molar refractivity (Wildman–Crippen MR) is 84.9 cm³/mol. The number of nitrogens with one attached hydrogen (secondary N) is 1. The molecule has 2 rings (SSSR count). The van der Waals surface area contributed by atoms with Crippen LogP contribution in [0.4, 0.5) is 5.69 Å². The van der Waals surface area contributed by atoms with Crippen LogP contribution in [0.3, 0.4) is 0 Å². The first-order chi connectivity index (χ1) is 10.6. The molecule has 0 heterocycles. The zero-order chi connectivity index (χ0) is 15.9. The molecule has 0 radical (unpaired) electrons. The number of benzene rings is 2. The molecule has 0 unspecified atom stereocenters. The van der Waals surface area contributed by atoms with Gasteiger partial charge in [0.05, 0.1) is 0 Å². The molecule has 0 aliphatic carbocycles. The van der Waals surface area contributed by atoms with Gasteiger partial charge in [-0.15, -0.1) is 0 Å². The Balaban J connectivity index is 1.89. The van der Waals surface area contributed by atoms with Gasteiger partial charge in [-0.05, 0) is 42.3 Å². The third-order valence-electron chi connectivity index (χ3n) is 3.13. The SMILES string of the molecule is CCc1ccc(OCC(=O)Nc2cccc(C(N)=O)c2)cc1. The highest BCUT2D eigenvalue weighted by atomic mass is 16.5. The van der Waals surface area contributed by atoms with Crippen LogP contribution in [-0.2, 0) is 11.2 Å². The van der Waals surface area contributed by atoms with Crippen LogP contribution < -0.4 is 15.8 Å². The number of carbonyl (C=O) groups excluding carboxylic acids is 2. The van der Waals surface area contributed by atoms with Crippen molar-refractivity contribution >= 4 is 17.5 Å². The van der Waals surface area contributed by atoms with E-state index in [-0.39, 0.29) is 12.5 Å². The van der Waals surface area contributed by atoms with Gasteiger partial charge in [0.1, 0.15) is 5.75 Å².